The Balaban J connectivity index is 1.94. The van der Waals surface area contributed by atoms with E-state index in [1.165, 1.54) is 24.1 Å². The van der Waals surface area contributed by atoms with Crippen molar-refractivity contribution < 1.29 is 9.53 Å². The fraction of sp³-hybridized carbons (Fsp3) is 0.471. The van der Waals surface area contributed by atoms with Crippen molar-refractivity contribution in [1.29, 1.82) is 0 Å². The van der Waals surface area contributed by atoms with E-state index >= 15 is 0 Å². The highest BCUT2D eigenvalue weighted by Crippen LogP contribution is 2.40. The van der Waals surface area contributed by atoms with Crippen LogP contribution in [0.1, 0.15) is 43.6 Å². The number of amides is 1. The molecule has 3 nitrogen and oxygen atoms in total. The minimum Gasteiger partial charge on any atom is -0.497 e. The molecule has 106 valence electrons. The van der Waals surface area contributed by atoms with Crippen LogP contribution in [0.25, 0.3) is 0 Å². The van der Waals surface area contributed by atoms with Gasteiger partial charge in [-0.3, -0.25) is 4.79 Å². The zero-order valence-corrected chi connectivity index (χ0v) is 12.2. The van der Waals surface area contributed by atoms with Crippen LogP contribution in [0.3, 0.4) is 0 Å². The number of likely N-dealkylation sites (N-methyl/N-ethyl adjacent to an activating group) is 1. The Morgan fingerprint density at radius 2 is 2.05 bits per heavy atom. The van der Waals surface area contributed by atoms with Gasteiger partial charge in [0.05, 0.1) is 13.0 Å². The Labute approximate surface area is 120 Å². The van der Waals surface area contributed by atoms with Gasteiger partial charge in [-0.15, -0.1) is 0 Å². The van der Waals surface area contributed by atoms with Crippen LogP contribution >= 0.6 is 0 Å². The summed E-state index contributed by atoms with van der Waals surface area (Å²) in [4.78, 5) is 14.5. The van der Waals surface area contributed by atoms with Gasteiger partial charge in [-0.05, 0) is 55.4 Å². The number of hydrogen-bond acceptors (Lipinski definition) is 2. The first kappa shape index (κ1) is 13.2. The number of allylic oxidation sites excluding steroid dienone is 2. The second-order valence-electron chi connectivity index (χ2n) is 5.69. The average Bonchev–Trinajstić information content (AvgIpc) is 2.51. The maximum atomic E-state index is 12.6. The fourth-order valence-electron chi connectivity index (χ4n) is 3.40. The molecular formula is C17H21NO2. The predicted molar refractivity (Wildman–Crippen MR) is 78.6 cm³/mol. The minimum absolute atomic E-state index is 0.0491. The molecule has 1 atom stereocenters. The van der Waals surface area contributed by atoms with Crippen LogP contribution in [0.4, 0.5) is 0 Å². The van der Waals surface area contributed by atoms with Crippen LogP contribution in [0.5, 0.6) is 5.75 Å². The van der Waals surface area contributed by atoms with Gasteiger partial charge in [0.2, 0.25) is 5.91 Å². The SMILES string of the molecule is COc1cccc(C2CC3=C(CCCC3)N(C)C2=O)c1. The lowest BCUT2D eigenvalue weighted by Crippen LogP contribution is -2.37. The zero-order valence-electron chi connectivity index (χ0n) is 12.2. The third-order valence-corrected chi connectivity index (χ3v) is 4.53. The van der Waals surface area contributed by atoms with Crippen LogP contribution in [0, 0.1) is 0 Å². The van der Waals surface area contributed by atoms with E-state index in [4.69, 9.17) is 4.74 Å². The number of rotatable bonds is 2. The van der Waals surface area contributed by atoms with E-state index in [0.717, 1.165) is 30.6 Å². The Hall–Kier alpha value is -1.77. The maximum Gasteiger partial charge on any atom is 0.234 e. The van der Waals surface area contributed by atoms with Gasteiger partial charge < -0.3 is 9.64 Å². The molecule has 3 rings (SSSR count). The normalized spacial score (nSPS) is 22.8. The summed E-state index contributed by atoms with van der Waals surface area (Å²) < 4.78 is 5.28. The average molecular weight is 271 g/mol. The molecule has 1 aromatic rings. The molecule has 0 bridgehead atoms. The predicted octanol–water partition coefficient (Wildman–Crippen LogP) is 3.47. The fourth-order valence-corrected chi connectivity index (χ4v) is 3.40. The van der Waals surface area contributed by atoms with Crippen molar-refractivity contribution in [2.24, 2.45) is 0 Å². The van der Waals surface area contributed by atoms with E-state index in [-0.39, 0.29) is 11.8 Å². The van der Waals surface area contributed by atoms with E-state index in [1.54, 1.807) is 7.11 Å². The van der Waals surface area contributed by atoms with Crippen molar-refractivity contribution >= 4 is 5.91 Å². The number of methoxy groups -OCH3 is 1. The Morgan fingerprint density at radius 3 is 2.85 bits per heavy atom. The van der Waals surface area contributed by atoms with Crippen LogP contribution in [0.2, 0.25) is 0 Å². The number of benzene rings is 1. The number of ether oxygens (including phenoxy) is 1. The summed E-state index contributed by atoms with van der Waals surface area (Å²) in [6.45, 7) is 0. The monoisotopic (exact) mass is 271 g/mol. The van der Waals surface area contributed by atoms with Crippen molar-refractivity contribution in [3.63, 3.8) is 0 Å². The van der Waals surface area contributed by atoms with E-state index < -0.39 is 0 Å². The maximum absolute atomic E-state index is 12.6. The molecular weight excluding hydrogens is 250 g/mol. The molecule has 0 spiro atoms. The number of nitrogens with zero attached hydrogens (tertiary/aromatic N) is 1. The van der Waals surface area contributed by atoms with E-state index in [2.05, 4.69) is 0 Å². The van der Waals surface area contributed by atoms with Gasteiger partial charge in [0.25, 0.3) is 0 Å². The standard InChI is InChI=1S/C17H21NO2/c1-18-16-9-4-3-6-13(16)11-15(17(18)19)12-7-5-8-14(10-12)20-2/h5,7-8,10,15H,3-4,6,9,11H2,1-2H3. The number of carbonyl (C=O) groups is 1. The van der Waals surface area contributed by atoms with Gasteiger partial charge >= 0.3 is 0 Å². The van der Waals surface area contributed by atoms with Gasteiger partial charge in [0.15, 0.2) is 0 Å². The largest absolute Gasteiger partial charge is 0.497 e. The van der Waals surface area contributed by atoms with Crippen molar-refractivity contribution in [2.45, 2.75) is 38.0 Å². The quantitative estimate of drug-likeness (QED) is 0.824. The van der Waals surface area contributed by atoms with Crippen molar-refractivity contribution in [3.05, 3.63) is 41.1 Å². The summed E-state index contributed by atoms with van der Waals surface area (Å²) in [5, 5.41) is 0. The molecule has 0 N–H and O–H groups in total. The third-order valence-electron chi connectivity index (χ3n) is 4.53. The summed E-state index contributed by atoms with van der Waals surface area (Å²) in [5.74, 6) is 0.993. The molecule has 0 saturated heterocycles. The summed E-state index contributed by atoms with van der Waals surface area (Å²) in [6.07, 6.45) is 5.55. The van der Waals surface area contributed by atoms with Crippen LogP contribution in [0.15, 0.2) is 35.5 Å². The first-order valence-electron chi connectivity index (χ1n) is 7.33. The van der Waals surface area contributed by atoms with Gasteiger partial charge in [-0.25, -0.2) is 0 Å². The Bertz CT molecular complexity index is 562. The molecule has 1 heterocycles. The Kier molecular flexibility index (Phi) is 3.51. The van der Waals surface area contributed by atoms with Gasteiger partial charge in [-0.1, -0.05) is 12.1 Å². The molecule has 0 fully saturated rings. The molecule has 0 aromatic heterocycles. The summed E-state index contributed by atoms with van der Waals surface area (Å²) in [5.41, 5.74) is 3.82. The van der Waals surface area contributed by atoms with E-state index in [9.17, 15) is 4.79 Å². The van der Waals surface area contributed by atoms with Gasteiger partial charge in [-0.2, -0.15) is 0 Å². The van der Waals surface area contributed by atoms with Gasteiger partial charge in [0, 0.05) is 12.7 Å². The van der Waals surface area contributed by atoms with Crippen LogP contribution < -0.4 is 4.74 Å². The molecule has 1 unspecified atom stereocenters. The van der Waals surface area contributed by atoms with Crippen molar-refractivity contribution in [2.75, 3.05) is 14.2 Å². The summed E-state index contributed by atoms with van der Waals surface area (Å²) in [7, 11) is 3.59. The topological polar surface area (TPSA) is 29.5 Å². The molecule has 0 radical (unpaired) electrons. The Morgan fingerprint density at radius 1 is 1.25 bits per heavy atom. The number of carbonyl (C=O) groups excluding carboxylic acids is 1. The third kappa shape index (κ3) is 2.21. The second-order valence-corrected chi connectivity index (χ2v) is 5.69. The number of hydrogen-bond donors (Lipinski definition) is 0. The van der Waals surface area contributed by atoms with Gasteiger partial charge in [0.1, 0.15) is 5.75 Å². The minimum atomic E-state index is -0.0491. The smallest absolute Gasteiger partial charge is 0.234 e. The summed E-state index contributed by atoms with van der Waals surface area (Å²) in [6, 6.07) is 7.91. The highest BCUT2D eigenvalue weighted by molar-refractivity contribution is 5.87. The molecule has 1 aliphatic heterocycles. The molecule has 0 saturated carbocycles. The molecule has 2 aliphatic rings. The first-order chi connectivity index (χ1) is 9.70. The zero-order chi connectivity index (χ0) is 14.1. The lowest BCUT2D eigenvalue weighted by atomic mass is 9.81. The lowest BCUT2D eigenvalue weighted by Gasteiger charge is -2.36. The molecule has 20 heavy (non-hydrogen) atoms. The van der Waals surface area contributed by atoms with E-state index in [1.807, 2.05) is 36.2 Å². The lowest BCUT2D eigenvalue weighted by molar-refractivity contribution is -0.130. The highest BCUT2D eigenvalue weighted by Gasteiger charge is 2.34. The van der Waals surface area contributed by atoms with Crippen molar-refractivity contribution in [1.82, 2.24) is 4.90 Å². The van der Waals surface area contributed by atoms with Crippen molar-refractivity contribution in [3.8, 4) is 5.75 Å². The first-order valence-corrected chi connectivity index (χ1v) is 7.33. The molecule has 1 amide bonds. The van der Waals surface area contributed by atoms with Crippen LogP contribution in [-0.2, 0) is 4.79 Å². The highest BCUT2D eigenvalue weighted by atomic mass is 16.5. The molecule has 3 heteroatoms. The molecule has 1 aliphatic carbocycles. The van der Waals surface area contributed by atoms with Crippen LogP contribution in [-0.4, -0.2) is 25.0 Å². The second kappa shape index (κ2) is 5.31. The summed E-state index contributed by atoms with van der Waals surface area (Å²) >= 11 is 0. The van der Waals surface area contributed by atoms with E-state index in [0.29, 0.717) is 0 Å². The molecule has 1 aromatic carbocycles.